The van der Waals surface area contributed by atoms with Crippen molar-refractivity contribution in [3.63, 3.8) is 0 Å². The van der Waals surface area contributed by atoms with Crippen molar-refractivity contribution < 1.29 is 29.1 Å². The molecule has 1 rings (SSSR count). The van der Waals surface area contributed by atoms with E-state index in [0.29, 0.717) is 19.4 Å². The van der Waals surface area contributed by atoms with E-state index in [1.54, 1.807) is 13.8 Å². The third-order valence-corrected chi connectivity index (χ3v) is 5.37. The first-order valence-corrected chi connectivity index (χ1v) is 10.5. The molecule has 0 bridgehead atoms. The smallest absolute Gasteiger partial charge is 0.327 e. The number of hydrogen-bond donors (Lipinski definition) is 7. The minimum absolute atomic E-state index is 0.128. The van der Waals surface area contributed by atoms with Gasteiger partial charge in [0.25, 0.3) is 0 Å². The van der Waals surface area contributed by atoms with Gasteiger partial charge in [0.2, 0.25) is 23.6 Å². The van der Waals surface area contributed by atoms with Crippen LogP contribution in [-0.2, 0) is 24.0 Å². The molecule has 5 unspecified atom stereocenters. The van der Waals surface area contributed by atoms with Gasteiger partial charge in [-0.2, -0.15) is 12.6 Å². The van der Waals surface area contributed by atoms with Crippen LogP contribution < -0.4 is 27.0 Å². The van der Waals surface area contributed by atoms with Crippen molar-refractivity contribution in [1.82, 2.24) is 21.3 Å². The molecular formula is C18H31N5O6S. The summed E-state index contributed by atoms with van der Waals surface area (Å²) in [7, 11) is 0. The van der Waals surface area contributed by atoms with Gasteiger partial charge in [0.1, 0.15) is 18.1 Å². The zero-order valence-corrected chi connectivity index (χ0v) is 18.0. The highest BCUT2D eigenvalue weighted by Crippen LogP contribution is 2.10. The van der Waals surface area contributed by atoms with E-state index in [4.69, 9.17) is 10.8 Å². The number of primary amides is 1. The summed E-state index contributed by atoms with van der Waals surface area (Å²) < 4.78 is 0. The van der Waals surface area contributed by atoms with Crippen LogP contribution in [0.3, 0.4) is 0 Å². The predicted molar refractivity (Wildman–Crippen MR) is 112 cm³/mol. The fourth-order valence-corrected chi connectivity index (χ4v) is 3.24. The average molecular weight is 446 g/mol. The lowest BCUT2D eigenvalue weighted by Crippen LogP contribution is -2.59. The topological polar surface area (TPSA) is 180 Å². The molecule has 12 heteroatoms. The van der Waals surface area contributed by atoms with Crippen LogP contribution in [-0.4, -0.2) is 71.2 Å². The number of aliphatic carboxylic acids is 1. The highest BCUT2D eigenvalue weighted by Gasteiger charge is 2.33. The van der Waals surface area contributed by atoms with Gasteiger partial charge in [0.15, 0.2) is 0 Å². The first-order valence-electron chi connectivity index (χ1n) is 9.87. The van der Waals surface area contributed by atoms with Gasteiger partial charge in [0, 0.05) is 5.75 Å². The molecule has 1 heterocycles. The maximum atomic E-state index is 12.8. The molecule has 5 atom stereocenters. The van der Waals surface area contributed by atoms with Crippen LogP contribution >= 0.6 is 12.6 Å². The Hall–Kier alpha value is -2.34. The summed E-state index contributed by atoms with van der Waals surface area (Å²) in [6, 6.07) is -4.01. The summed E-state index contributed by atoms with van der Waals surface area (Å²) in [6.45, 7) is 4.20. The fourth-order valence-electron chi connectivity index (χ4n) is 2.99. The lowest BCUT2D eigenvalue weighted by molar-refractivity contribution is -0.142. The van der Waals surface area contributed by atoms with E-state index in [9.17, 15) is 24.0 Å². The van der Waals surface area contributed by atoms with E-state index in [1.165, 1.54) is 0 Å². The molecule has 1 saturated heterocycles. The molecule has 7 N–H and O–H groups in total. The van der Waals surface area contributed by atoms with Gasteiger partial charge in [-0.15, -0.1) is 0 Å². The molecule has 0 saturated carbocycles. The van der Waals surface area contributed by atoms with Crippen molar-refractivity contribution in [3.05, 3.63) is 0 Å². The van der Waals surface area contributed by atoms with Crippen LogP contribution in [0.1, 0.15) is 39.5 Å². The van der Waals surface area contributed by atoms with Crippen molar-refractivity contribution in [1.29, 1.82) is 0 Å². The second-order valence-electron chi connectivity index (χ2n) is 7.33. The van der Waals surface area contributed by atoms with E-state index >= 15 is 0 Å². The Morgan fingerprint density at radius 3 is 2.27 bits per heavy atom. The van der Waals surface area contributed by atoms with Crippen LogP contribution in [0.2, 0.25) is 0 Å². The van der Waals surface area contributed by atoms with Gasteiger partial charge in [-0.05, 0) is 25.3 Å². The third kappa shape index (κ3) is 7.82. The Balaban J connectivity index is 2.92. The summed E-state index contributed by atoms with van der Waals surface area (Å²) >= 11 is 3.91. The molecule has 1 aliphatic rings. The van der Waals surface area contributed by atoms with Gasteiger partial charge in [-0.1, -0.05) is 20.3 Å². The quantitative estimate of drug-likeness (QED) is 0.172. The van der Waals surface area contributed by atoms with Crippen molar-refractivity contribution in [2.75, 3.05) is 12.3 Å². The largest absolute Gasteiger partial charge is 0.480 e. The number of thiol groups is 1. The number of carbonyl (C=O) groups is 5. The standard InChI is InChI=1S/C18H31N5O6S/c1-3-9(2)14(17(27)22-12(8-30)18(28)29)23-16(26)11(7-13(19)24)21-15(25)10-5-4-6-20-10/h9-12,14,20,30H,3-8H2,1-2H3,(H2,19,24)(H,21,25)(H,22,27)(H,23,26)(H,28,29). The molecule has 0 aliphatic carbocycles. The molecule has 0 aromatic carbocycles. The van der Waals surface area contributed by atoms with Crippen LogP contribution in [0, 0.1) is 5.92 Å². The Kier molecular flexibility index (Phi) is 10.6. The van der Waals surface area contributed by atoms with Gasteiger partial charge >= 0.3 is 5.97 Å². The number of amides is 4. The van der Waals surface area contributed by atoms with Crippen molar-refractivity contribution in [2.24, 2.45) is 11.7 Å². The molecule has 30 heavy (non-hydrogen) atoms. The molecule has 170 valence electrons. The summed E-state index contributed by atoms with van der Waals surface area (Å²) in [5.74, 6) is -4.39. The monoisotopic (exact) mass is 445 g/mol. The first-order chi connectivity index (χ1) is 14.1. The van der Waals surface area contributed by atoms with Gasteiger partial charge in [0.05, 0.1) is 12.5 Å². The van der Waals surface area contributed by atoms with Crippen molar-refractivity contribution in [2.45, 2.75) is 63.7 Å². The van der Waals surface area contributed by atoms with Crippen molar-refractivity contribution in [3.8, 4) is 0 Å². The van der Waals surface area contributed by atoms with E-state index < -0.39 is 60.2 Å². The van der Waals surface area contributed by atoms with Gasteiger partial charge < -0.3 is 32.1 Å². The minimum atomic E-state index is -1.25. The molecule has 0 radical (unpaired) electrons. The molecule has 0 aromatic rings. The number of hydrogen-bond acceptors (Lipinski definition) is 7. The third-order valence-electron chi connectivity index (χ3n) is 5.01. The summed E-state index contributed by atoms with van der Waals surface area (Å²) in [6.07, 6.45) is 1.50. The maximum absolute atomic E-state index is 12.8. The Morgan fingerprint density at radius 2 is 1.80 bits per heavy atom. The number of carboxylic acids is 1. The lowest BCUT2D eigenvalue weighted by atomic mass is 9.97. The molecule has 0 aromatic heterocycles. The van der Waals surface area contributed by atoms with Crippen LogP contribution in [0.25, 0.3) is 0 Å². The normalized spacial score (nSPS) is 19.8. The zero-order valence-electron chi connectivity index (χ0n) is 17.1. The van der Waals surface area contributed by atoms with Gasteiger partial charge in [-0.3, -0.25) is 19.2 Å². The van der Waals surface area contributed by atoms with Crippen LogP contribution in [0.15, 0.2) is 0 Å². The summed E-state index contributed by atoms with van der Waals surface area (Å²) in [5.41, 5.74) is 5.22. The molecule has 1 fully saturated rings. The predicted octanol–water partition coefficient (Wildman–Crippen LogP) is -1.87. The Bertz CT molecular complexity index is 655. The highest BCUT2D eigenvalue weighted by atomic mass is 32.1. The summed E-state index contributed by atoms with van der Waals surface area (Å²) in [5, 5.41) is 19.5. The van der Waals surface area contributed by atoms with E-state index in [1.807, 2.05) is 0 Å². The Labute approximate surface area is 180 Å². The first kappa shape index (κ1) is 25.7. The number of nitrogens with two attached hydrogens (primary N) is 1. The lowest BCUT2D eigenvalue weighted by Gasteiger charge is -2.27. The Morgan fingerprint density at radius 1 is 1.13 bits per heavy atom. The van der Waals surface area contributed by atoms with E-state index in [2.05, 4.69) is 33.9 Å². The molecule has 11 nitrogen and oxygen atoms in total. The van der Waals surface area contributed by atoms with E-state index in [-0.39, 0.29) is 11.7 Å². The maximum Gasteiger partial charge on any atom is 0.327 e. The average Bonchev–Trinajstić information content (AvgIpc) is 3.23. The highest BCUT2D eigenvalue weighted by molar-refractivity contribution is 7.80. The van der Waals surface area contributed by atoms with Gasteiger partial charge in [-0.25, -0.2) is 4.79 Å². The number of carboxylic acid groups (broad SMARTS) is 1. The van der Waals surface area contributed by atoms with Crippen LogP contribution in [0.4, 0.5) is 0 Å². The van der Waals surface area contributed by atoms with Crippen molar-refractivity contribution >= 4 is 42.2 Å². The number of carbonyl (C=O) groups excluding carboxylic acids is 4. The number of nitrogens with one attached hydrogen (secondary N) is 4. The molecule has 0 spiro atoms. The second kappa shape index (κ2) is 12.4. The van der Waals surface area contributed by atoms with Crippen LogP contribution in [0.5, 0.6) is 0 Å². The molecule has 4 amide bonds. The summed E-state index contributed by atoms with van der Waals surface area (Å²) in [4.78, 5) is 60.3. The second-order valence-corrected chi connectivity index (χ2v) is 7.70. The van der Waals surface area contributed by atoms with E-state index in [0.717, 1.165) is 6.42 Å². The minimum Gasteiger partial charge on any atom is -0.480 e. The number of rotatable bonds is 12. The molecule has 1 aliphatic heterocycles. The molecular weight excluding hydrogens is 414 g/mol. The SMILES string of the molecule is CCC(C)C(NC(=O)C(CC(N)=O)NC(=O)C1CCCN1)C(=O)NC(CS)C(=O)O. The zero-order chi connectivity index (χ0) is 22.8. The fraction of sp³-hybridized carbons (Fsp3) is 0.722.